The zero-order valence-corrected chi connectivity index (χ0v) is 11.8. The van der Waals surface area contributed by atoms with E-state index in [0.717, 1.165) is 10.7 Å². The molecular weight excluding hydrogens is 284 g/mol. The van der Waals surface area contributed by atoms with Crippen molar-refractivity contribution in [3.63, 3.8) is 0 Å². The molecule has 0 unspecified atom stereocenters. The number of anilines is 2. The van der Waals surface area contributed by atoms with Crippen LogP contribution in [0.15, 0.2) is 17.5 Å². The number of hydrogen-bond acceptors (Lipinski definition) is 5. The number of benzene rings is 1. The molecule has 0 bridgehead atoms. The second-order valence-electron chi connectivity index (χ2n) is 4.03. The number of nitrogens with two attached hydrogens (primary N) is 2. The van der Waals surface area contributed by atoms with E-state index in [9.17, 15) is 4.79 Å². The second-order valence-corrected chi connectivity index (χ2v) is 5.38. The lowest BCUT2D eigenvalue weighted by atomic mass is 10.1. The summed E-state index contributed by atoms with van der Waals surface area (Å²) in [5.41, 5.74) is 13.1. The zero-order valence-electron chi connectivity index (χ0n) is 10.2. The Hall–Kier alpha value is -1.79. The van der Waals surface area contributed by atoms with Crippen LogP contribution in [0.5, 0.6) is 0 Å². The highest BCUT2D eigenvalue weighted by atomic mass is 35.5. The van der Waals surface area contributed by atoms with E-state index < -0.39 is 5.91 Å². The number of amides is 1. The molecule has 0 atom stereocenters. The van der Waals surface area contributed by atoms with Crippen molar-refractivity contribution >= 4 is 40.2 Å². The molecule has 7 heteroatoms. The molecule has 2 rings (SSSR count). The van der Waals surface area contributed by atoms with Crippen LogP contribution in [0.1, 0.15) is 21.1 Å². The molecule has 1 aromatic heterocycles. The SMILES string of the molecule is Cc1csc(CNc2c(Cl)cc(N)cc2C(N)=O)n1. The number of aryl methyl sites for hydroxylation is 1. The first-order valence-corrected chi connectivity index (χ1v) is 6.77. The van der Waals surface area contributed by atoms with E-state index in [-0.39, 0.29) is 5.56 Å². The lowest BCUT2D eigenvalue weighted by Gasteiger charge is -2.12. The van der Waals surface area contributed by atoms with Crippen LogP contribution in [0.4, 0.5) is 11.4 Å². The average Bonchev–Trinajstić information content (AvgIpc) is 2.73. The number of carbonyl (C=O) groups excluding carboxylic acids is 1. The summed E-state index contributed by atoms with van der Waals surface area (Å²) in [5, 5.41) is 6.30. The van der Waals surface area contributed by atoms with Gasteiger partial charge in [-0.1, -0.05) is 11.6 Å². The number of thiazole rings is 1. The van der Waals surface area contributed by atoms with Crippen molar-refractivity contribution < 1.29 is 4.79 Å². The molecule has 100 valence electrons. The van der Waals surface area contributed by atoms with Gasteiger partial charge in [0.05, 0.1) is 22.8 Å². The van der Waals surface area contributed by atoms with Crippen LogP contribution >= 0.6 is 22.9 Å². The van der Waals surface area contributed by atoms with Crippen LogP contribution < -0.4 is 16.8 Å². The topological polar surface area (TPSA) is 94.0 Å². The van der Waals surface area contributed by atoms with Crippen LogP contribution in [-0.2, 0) is 6.54 Å². The Balaban J connectivity index is 2.26. The van der Waals surface area contributed by atoms with Gasteiger partial charge in [0, 0.05) is 16.8 Å². The summed E-state index contributed by atoms with van der Waals surface area (Å²) >= 11 is 7.62. The van der Waals surface area contributed by atoms with E-state index in [2.05, 4.69) is 10.3 Å². The Morgan fingerprint density at radius 2 is 2.26 bits per heavy atom. The quantitative estimate of drug-likeness (QED) is 0.755. The van der Waals surface area contributed by atoms with E-state index >= 15 is 0 Å². The summed E-state index contributed by atoms with van der Waals surface area (Å²) in [4.78, 5) is 15.7. The first-order valence-electron chi connectivity index (χ1n) is 5.51. The molecule has 0 saturated heterocycles. The fourth-order valence-corrected chi connectivity index (χ4v) is 2.66. The predicted molar refractivity (Wildman–Crippen MR) is 78.6 cm³/mol. The third-order valence-corrected chi connectivity index (χ3v) is 3.73. The number of halogens is 1. The number of nitrogens with zero attached hydrogens (tertiary/aromatic N) is 1. The minimum atomic E-state index is -0.577. The summed E-state index contributed by atoms with van der Waals surface area (Å²) in [7, 11) is 0. The Bertz CT molecular complexity index is 626. The predicted octanol–water partition coefficient (Wildman–Crippen LogP) is 2.40. The van der Waals surface area contributed by atoms with E-state index in [1.807, 2.05) is 12.3 Å². The molecule has 1 aromatic carbocycles. The smallest absolute Gasteiger partial charge is 0.250 e. The fraction of sp³-hybridized carbons (Fsp3) is 0.167. The van der Waals surface area contributed by atoms with Crippen molar-refractivity contribution in [2.75, 3.05) is 11.1 Å². The number of nitrogens with one attached hydrogen (secondary N) is 1. The molecule has 0 aliphatic rings. The summed E-state index contributed by atoms with van der Waals surface area (Å²) in [5.74, 6) is -0.577. The highest BCUT2D eigenvalue weighted by Crippen LogP contribution is 2.29. The zero-order chi connectivity index (χ0) is 14.0. The van der Waals surface area contributed by atoms with Crippen LogP contribution in [0.25, 0.3) is 0 Å². The number of aromatic nitrogens is 1. The van der Waals surface area contributed by atoms with Gasteiger partial charge in [-0.2, -0.15) is 0 Å². The van der Waals surface area contributed by atoms with Gasteiger partial charge in [0.15, 0.2) is 0 Å². The van der Waals surface area contributed by atoms with E-state index in [1.165, 1.54) is 17.4 Å². The Labute approximate surface area is 119 Å². The second kappa shape index (κ2) is 5.46. The Morgan fingerprint density at radius 1 is 1.53 bits per heavy atom. The number of nitrogen functional groups attached to an aromatic ring is 1. The van der Waals surface area contributed by atoms with Crippen molar-refractivity contribution in [1.82, 2.24) is 4.98 Å². The summed E-state index contributed by atoms with van der Waals surface area (Å²) in [6, 6.07) is 3.08. The Kier molecular flexibility index (Phi) is 3.92. The number of primary amides is 1. The van der Waals surface area contributed by atoms with Crippen LogP contribution in [-0.4, -0.2) is 10.9 Å². The van der Waals surface area contributed by atoms with Crippen LogP contribution in [0, 0.1) is 6.92 Å². The number of rotatable bonds is 4. The third-order valence-electron chi connectivity index (χ3n) is 2.46. The Morgan fingerprint density at radius 3 is 2.84 bits per heavy atom. The highest BCUT2D eigenvalue weighted by molar-refractivity contribution is 7.09. The van der Waals surface area contributed by atoms with Gasteiger partial charge in [0.2, 0.25) is 0 Å². The molecule has 2 aromatic rings. The molecule has 1 heterocycles. The van der Waals surface area contributed by atoms with Crippen LogP contribution in [0.3, 0.4) is 0 Å². The van der Waals surface area contributed by atoms with Gasteiger partial charge in [0.1, 0.15) is 5.01 Å². The van der Waals surface area contributed by atoms with E-state index in [0.29, 0.717) is 22.9 Å². The summed E-state index contributed by atoms with van der Waals surface area (Å²) in [6.45, 7) is 2.40. The summed E-state index contributed by atoms with van der Waals surface area (Å²) < 4.78 is 0. The monoisotopic (exact) mass is 296 g/mol. The van der Waals surface area contributed by atoms with Gasteiger partial charge in [-0.05, 0) is 19.1 Å². The van der Waals surface area contributed by atoms with Crippen molar-refractivity contribution in [1.29, 1.82) is 0 Å². The molecule has 0 fully saturated rings. The molecule has 0 radical (unpaired) electrons. The van der Waals surface area contributed by atoms with Gasteiger partial charge < -0.3 is 16.8 Å². The number of carbonyl (C=O) groups is 1. The van der Waals surface area contributed by atoms with Gasteiger partial charge >= 0.3 is 0 Å². The first kappa shape index (κ1) is 13.6. The van der Waals surface area contributed by atoms with E-state index in [1.54, 1.807) is 6.07 Å². The minimum absolute atomic E-state index is 0.276. The largest absolute Gasteiger partial charge is 0.399 e. The van der Waals surface area contributed by atoms with Gasteiger partial charge in [-0.25, -0.2) is 4.98 Å². The van der Waals surface area contributed by atoms with Gasteiger partial charge in [0.25, 0.3) is 5.91 Å². The average molecular weight is 297 g/mol. The molecular formula is C12H13ClN4OS. The maximum Gasteiger partial charge on any atom is 0.250 e. The van der Waals surface area contributed by atoms with E-state index in [4.69, 9.17) is 23.1 Å². The fourth-order valence-electron chi connectivity index (χ4n) is 1.65. The molecule has 5 nitrogen and oxygen atoms in total. The first-order chi connectivity index (χ1) is 8.97. The van der Waals surface area contributed by atoms with Gasteiger partial charge in [-0.15, -0.1) is 11.3 Å². The molecule has 0 aliphatic heterocycles. The maximum absolute atomic E-state index is 11.4. The molecule has 19 heavy (non-hydrogen) atoms. The maximum atomic E-state index is 11.4. The molecule has 0 aliphatic carbocycles. The highest BCUT2D eigenvalue weighted by Gasteiger charge is 2.13. The molecule has 0 saturated carbocycles. The third kappa shape index (κ3) is 3.15. The van der Waals surface area contributed by atoms with Crippen molar-refractivity contribution in [2.45, 2.75) is 13.5 Å². The van der Waals surface area contributed by atoms with Crippen LogP contribution in [0.2, 0.25) is 5.02 Å². The molecule has 1 amide bonds. The van der Waals surface area contributed by atoms with Crippen molar-refractivity contribution in [2.24, 2.45) is 5.73 Å². The lowest BCUT2D eigenvalue weighted by Crippen LogP contribution is -2.15. The normalized spacial score (nSPS) is 10.4. The standard InChI is InChI=1S/C12H13ClN4OS/c1-6-5-19-10(17-6)4-16-11-8(12(15)18)2-7(14)3-9(11)13/h2-3,5,16H,4,14H2,1H3,(H2,15,18). The van der Waals surface area contributed by atoms with Gasteiger partial charge in [-0.3, -0.25) is 4.79 Å². The summed E-state index contributed by atoms with van der Waals surface area (Å²) in [6.07, 6.45) is 0. The van der Waals surface area contributed by atoms with Crippen molar-refractivity contribution in [3.8, 4) is 0 Å². The number of hydrogen-bond donors (Lipinski definition) is 3. The minimum Gasteiger partial charge on any atom is -0.399 e. The molecule has 0 spiro atoms. The molecule has 5 N–H and O–H groups in total. The van der Waals surface area contributed by atoms with Crippen molar-refractivity contribution in [3.05, 3.63) is 38.8 Å². The lowest BCUT2D eigenvalue weighted by molar-refractivity contribution is 0.100.